The summed E-state index contributed by atoms with van der Waals surface area (Å²) in [6.45, 7) is 4.20. The first kappa shape index (κ1) is 13.1. The summed E-state index contributed by atoms with van der Waals surface area (Å²) in [4.78, 5) is 12.0. The van der Waals surface area contributed by atoms with Crippen molar-refractivity contribution in [2.45, 2.75) is 20.4 Å². The molecule has 0 fully saturated rings. The standard InChI is InChI=1S/C14H17N3O2/c1-9-4-5-12(13(18)6-9)14(19)15-7-11-8-16-17(3)10(11)2/h4-6,8,18H,7H2,1-3H3,(H,15,19). The minimum Gasteiger partial charge on any atom is -0.507 e. The molecule has 1 amide bonds. The molecular weight excluding hydrogens is 242 g/mol. The topological polar surface area (TPSA) is 67.2 Å². The van der Waals surface area contributed by atoms with E-state index in [1.807, 2.05) is 20.9 Å². The van der Waals surface area contributed by atoms with Crippen LogP contribution in [0.5, 0.6) is 5.75 Å². The molecule has 19 heavy (non-hydrogen) atoms. The fourth-order valence-electron chi connectivity index (χ4n) is 1.82. The van der Waals surface area contributed by atoms with Gasteiger partial charge in [0.05, 0.1) is 11.8 Å². The molecule has 0 unspecified atom stereocenters. The number of hydrogen-bond donors (Lipinski definition) is 2. The van der Waals surface area contributed by atoms with Gasteiger partial charge < -0.3 is 10.4 Å². The molecule has 0 radical (unpaired) electrons. The molecule has 5 nitrogen and oxygen atoms in total. The largest absolute Gasteiger partial charge is 0.507 e. The number of hydrogen-bond acceptors (Lipinski definition) is 3. The minimum absolute atomic E-state index is 0.000378. The zero-order chi connectivity index (χ0) is 14.0. The number of nitrogens with one attached hydrogen (secondary N) is 1. The van der Waals surface area contributed by atoms with Crippen LogP contribution in [0.25, 0.3) is 0 Å². The van der Waals surface area contributed by atoms with Gasteiger partial charge >= 0.3 is 0 Å². The van der Waals surface area contributed by atoms with E-state index in [2.05, 4.69) is 10.4 Å². The molecule has 2 aromatic rings. The molecule has 0 atom stereocenters. The van der Waals surface area contributed by atoms with Gasteiger partial charge in [-0.1, -0.05) is 6.07 Å². The summed E-state index contributed by atoms with van der Waals surface area (Å²) < 4.78 is 1.75. The lowest BCUT2D eigenvalue weighted by atomic mass is 10.1. The molecule has 0 aliphatic carbocycles. The Bertz CT molecular complexity index is 617. The van der Waals surface area contributed by atoms with Crippen LogP contribution in [-0.4, -0.2) is 20.8 Å². The summed E-state index contributed by atoms with van der Waals surface area (Å²) in [5.41, 5.74) is 3.17. The van der Waals surface area contributed by atoms with Crippen LogP contribution in [0.4, 0.5) is 0 Å². The summed E-state index contributed by atoms with van der Waals surface area (Å²) in [5, 5.41) is 16.6. The van der Waals surface area contributed by atoms with Crippen LogP contribution in [0.3, 0.4) is 0 Å². The number of nitrogens with zero attached hydrogens (tertiary/aromatic N) is 2. The smallest absolute Gasteiger partial charge is 0.255 e. The highest BCUT2D eigenvalue weighted by atomic mass is 16.3. The number of aromatic hydroxyl groups is 1. The van der Waals surface area contributed by atoms with Crippen molar-refractivity contribution in [3.63, 3.8) is 0 Å². The zero-order valence-electron chi connectivity index (χ0n) is 11.3. The fourth-order valence-corrected chi connectivity index (χ4v) is 1.82. The fraction of sp³-hybridized carbons (Fsp3) is 0.286. The van der Waals surface area contributed by atoms with Gasteiger partial charge in [-0.3, -0.25) is 9.48 Å². The third kappa shape index (κ3) is 2.76. The van der Waals surface area contributed by atoms with Crippen LogP contribution < -0.4 is 5.32 Å². The number of carbonyl (C=O) groups is 1. The number of phenolic OH excluding ortho intramolecular Hbond substituents is 1. The minimum atomic E-state index is -0.291. The molecule has 1 heterocycles. The highest BCUT2D eigenvalue weighted by Gasteiger charge is 2.12. The van der Waals surface area contributed by atoms with Crippen molar-refractivity contribution in [2.24, 2.45) is 7.05 Å². The molecule has 5 heteroatoms. The second-order valence-corrected chi connectivity index (χ2v) is 4.58. The lowest BCUT2D eigenvalue weighted by Gasteiger charge is -2.07. The normalized spacial score (nSPS) is 10.5. The first-order valence-corrected chi connectivity index (χ1v) is 6.04. The molecule has 2 rings (SSSR count). The predicted molar refractivity (Wildman–Crippen MR) is 72.0 cm³/mol. The monoisotopic (exact) mass is 259 g/mol. The molecule has 0 aliphatic rings. The molecule has 0 aliphatic heterocycles. The molecule has 1 aromatic carbocycles. The van der Waals surface area contributed by atoms with E-state index in [9.17, 15) is 9.90 Å². The summed E-state index contributed by atoms with van der Waals surface area (Å²) in [5.74, 6) is -0.291. The average Bonchev–Trinajstić information content (AvgIpc) is 2.67. The van der Waals surface area contributed by atoms with E-state index in [0.29, 0.717) is 6.54 Å². The van der Waals surface area contributed by atoms with Crippen molar-refractivity contribution in [1.29, 1.82) is 0 Å². The van der Waals surface area contributed by atoms with Crippen LogP contribution in [-0.2, 0) is 13.6 Å². The Morgan fingerprint density at radius 2 is 2.16 bits per heavy atom. The van der Waals surface area contributed by atoms with E-state index in [1.54, 1.807) is 29.1 Å². The molecule has 0 spiro atoms. The van der Waals surface area contributed by atoms with Gasteiger partial charge in [0.1, 0.15) is 5.75 Å². The van der Waals surface area contributed by atoms with Crippen molar-refractivity contribution in [3.8, 4) is 5.75 Å². The Kier molecular flexibility index (Phi) is 3.55. The summed E-state index contributed by atoms with van der Waals surface area (Å²) in [7, 11) is 1.85. The molecule has 100 valence electrons. The van der Waals surface area contributed by atoms with Crippen LogP contribution in [0.2, 0.25) is 0 Å². The van der Waals surface area contributed by atoms with Gasteiger partial charge in [0.15, 0.2) is 0 Å². The number of benzene rings is 1. The lowest BCUT2D eigenvalue weighted by Crippen LogP contribution is -2.23. The summed E-state index contributed by atoms with van der Waals surface area (Å²) in [6, 6.07) is 4.99. The highest BCUT2D eigenvalue weighted by molar-refractivity contribution is 5.96. The van der Waals surface area contributed by atoms with Crippen molar-refractivity contribution in [2.75, 3.05) is 0 Å². The van der Waals surface area contributed by atoms with Crippen molar-refractivity contribution < 1.29 is 9.90 Å². The van der Waals surface area contributed by atoms with E-state index in [-0.39, 0.29) is 17.2 Å². The maximum absolute atomic E-state index is 12.0. The third-order valence-corrected chi connectivity index (χ3v) is 3.17. The maximum Gasteiger partial charge on any atom is 0.255 e. The molecule has 0 saturated heterocycles. The van der Waals surface area contributed by atoms with Crippen LogP contribution in [0.15, 0.2) is 24.4 Å². The number of phenols is 1. The number of aromatic nitrogens is 2. The second kappa shape index (κ2) is 5.14. The van der Waals surface area contributed by atoms with E-state index < -0.39 is 0 Å². The number of carbonyl (C=O) groups excluding carboxylic acids is 1. The third-order valence-electron chi connectivity index (χ3n) is 3.17. The molecular formula is C14H17N3O2. The van der Waals surface area contributed by atoms with Crippen LogP contribution in [0.1, 0.15) is 27.2 Å². The summed E-state index contributed by atoms with van der Waals surface area (Å²) in [6.07, 6.45) is 1.73. The lowest BCUT2D eigenvalue weighted by molar-refractivity contribution is 0.0948. The first-order valence-electron chi connectivity index (χ1n) is 6.04. The second-order valence-electron chi connectivity index (χ2n) is 4.58. The number of rotatable bonds is 3. The van der Waals surface area contributed by atoms with Gasteiger partial charge in [-0.15, -0.1) is 0 Å². The Morgan fingerprint density at radius 1 is 1.42 bits per heavy atom. The quantitative estimate of drug-likeness (QED) is 0.881. The zero-order valence-corrected chi connectivity index (χ0v) is 11.3. The predicted octanol–water partition coefficient (Wildman–Crippen LogP) is 1.67. The molecule has 0 saturated carbocycles. The van der Waals surface area contributed by atoms with E-state index in [0.717, 1.165) is 16.8 Å². The Labute approximate surface area is 111 Å². The highest BCUT2D eigenvalue weighted by Crippen LogP contribution is 2.18. The van der Waals surface area contributed by atoms with Crippen molar-refractivity contribution >= 4 is 5.91 Å². The summed E-state index contributed by atoms with van der Waals surface area (Å²) >= 11 is 0. The van der Waals surface area contributed by atoms with Gasteiger partial charge in [-0.2, -0.15) is 5.10 Å². The van der Waals surface area contributed by atoms with Gasteiger partial charge in [0.2, 0.25) is 0 Å². The Balaban J connectivity index is 2.07. The Morgan fingerprint density at radius 3 is 2.74 bits per heavy atom. The van der Waals surface area contributed by atoms with Gasteiger partial charge in [-0.25, -0.2) is 0 Å². The molecule has 1 aromatic heterocycles. The maximum atomic E-state index is 12.0. The number of amides is 1. The van der Waals surface area contributed by atoms with Crippen LogP contribution >= 0.6 is 0 Å². The van der Waals surface area contributed by atoms with E-state index in [4.69, 9.17) is 0 Å². The number of aryl methyl sites for hydroxylation is 2. The molecule has 2 N–H and O–H groups in total. The Hall–Kier alpha value is -2.30. The first-order chi connectivity index (χ1) is 8.99. The SMILES string of the molecule is Cc1ccc(C(=O)NCc2cnn(C)c2C)c(O)c1. The van der Waals surface area contributed by atoms with Gasteiger partial charge in [-0.05, 0) is 31.5 Å². The van der Waals surface area contributed by atoms with Crippen molar-refractivity contribution in [1.82, 2.24) is 15.1 Å². The van der Waals surface area contributed by atoms with Gasteiger partial charge in [0, 0.05) is 24.8 Å². The average molecular weight is 259 g/mol. The van der Waals surface area contributed by atoms with E-state index >= 15 is 0 Å². The van der Waals surface area contributed by atoms with E-state index in [1.165, 1.54) is 0 Å². The van der Waals surface area contributed by atoms with Crippen LogP contribution in [0, 0.1) is 13.8 Å². The van der Waals surface area contributed by atoms with Crippen molar-refractivity contribution in [3.05, 3.63) is 46.8 Å². The van der Waals surface area contributed by atoms with Gasteiger partial charge in [0.25, 0.3) is 5.91 Å². The molecule has 0 bridgehead atoms.